The Labute approximate surface area is 114 Å². The average Bonchev–Trinajstić information content (AvgIpc) is 2.46. The number of carbonyl (C=O) groups excluding carboxylic acids is 1. The summed E-state index contributed by atoms with van der Waals surface area (Å²) in [4.78, 5) is 14.4. The predicted molar refractivity (Wildman–Crippen MR) is 75.9 cm³/mol. The Hall–Kier alpha value is -1.55. The van der Waals surface area contributed by atoms with Crippen molar-refractivity contribution in [3.8, 4) is 0 Å². The van der Waals surface area contributed by atoms with Gasteiger partial charge in [0, 0.05) is 32.0 Å². The van der Waals surface area contributed by atoms with Gasteiger partial charge in [-0.15, -0.1) is 0 Å². The largest absolute Gasteiger partial charge is 0.399 e. The van der Waals surface area contributed by atoms with Crippen LogP contribution in [0.4, 0.5) is 5.69 Å². The van der Waals surface area contributed by atoms with Gasteiger partial charge in [0.05, 0.1) is 5.92 Å². The third-order valence-electron chi connectivity index (χ3n) is 3.87. The van der Waals surface area contributed by atoms with Gasteiger partial charge in [-0.25, -0.2) is 0 Å². The highest BCUT2D eigenvalue weighted by atomic mass is 16.5. The van der Waals surface area contributed by atoms with E-state index < -0.39 is 0 Å². The second kappa shape index (κ2) is 6.06. The second-order valence-corrected chi connectivity index (χ2v) is 5.18. The van der Waals surface area contributed by atoms with Crippen molar-refractivity contribution in [3.63, 3.8) is 0 Å². The molecule has 1 amide bonds. The zero-order valence-electron chi connectivity index (χ0n) is 11.6. The number of hydrogen-bond acceptors (Lipinski definition) is 3. The van der Waals surface area contributed by atoms with E-state index in [1.807, 2.05) is 43.1 Å². The monoisotopic (exact) mass is 262 g/mol. The second-order valence-electron chi connectivity index (χ2n) is 5.18. The van der Waals surface area contributed by atoms with Crippen LogP contribution in [0.2, 0.25) is 0 Å². The predicted octanol–water partition coefficient (Wildman–Crippen LogP) is 2.01. The summed E-state index contributed by atoms with van der Waals surface area (Å²) in [5.74, 6) is -0.00570. The van der Waals surface area contributed by atoms with Crippen molar-refractivity contribution in [2.45, 2.75) is 31.7 Å². The number of nitrogens with two attached hydrogens (primary N) is 1. The number of ether oxygens (including phenoxy) is 1. The number of likely N-dealkylation sites (N-methyl/N-ethyl adjacent to an activating group) is 1. The molecule has 0 saturated carbocycles. The minimum Gasteiger partial charge on any atom is -0.399 e. The summed E-state index contributed by atoms with van der Waals surface area (Å²) in [5.41, 5.74) is 7.45. The van der Waals surface area contributed by atoms with Gasteiger partial charge in [0.15, 0.2) is 0 Å². The van der Waals surface area contributed by atoms with Gasteiger partial charge < -0.3 is 15.4 Å². The Morgan fingerprint density at radius 3 is 2.74 bits per heavy atom. The summed E-state index contributed by atoms with van der Waals surface area (Å²) in [6, 6.07) is 7.85. The molecule has 1 aliphatic rings. The SMILES string of the molecule is CC(C(=O)N(C)C1CCOCC1)c1cccc(N)c1. The summed E-state index contributed by atoms with van der Waals surface area (Å²) in [6.07, 6.45) is 1.85. The van der Waals surface area contributed by atoms with Gasteiger partial charge in [-0.1, -0.05) is 12.1 Å². The zero-order valence-corrected chi connectivity index (χ0v) is 11.6. The van der Waals surface area contributed by atoms with E-state index in [9.17, 15) is 4.79 Å². The Morgan fingerprint density at radius 2 is 2.11 bits per heavy atom. The van der Waals surface area contributed by atoms with Gasteiger partial charge in [0.25, 0.3) is 0 Å². The maximum atomic E-state index is 12.5. The lowest BCUT2D eigenvalue weighted by atomic mass is 9.97. The maximum Gasteiger partial charge on any atom is 0.229 e. The molecule has 1 heterocycles. The van der Waals surface area contributed by atoms with E-state index in [0.29, 0.717) is 11.7 Å². The Morgan fingerprint density at radius 1 is 1.42 bits per heavy atom. The molecule has 2 N–H and O–H groups in total. The first-order valence-corrected chi connectivity index (χ1v) is 6.79. The number of anilines is 1. The summed E-state index contributed by atoms with van der Waals surface area (Å²) < 4.78 is 5.34. The van der Waals surface area contributed by atoms with Crippen molar-refractivity contribution < 1.29 is 9.53 Å². The molecule has 1 saturated heterocycles. The molecule has 19 heavy (non-hydrogen) atoms. The standard InChI is InChI=1S/C15H22N2O2/c1-11(12-4-3-5-13(16)10-12)15(18)17(2)14-6-8-19-9-7-14/h3-5,10-11,14H,6-9,16H2,1-2H3. The summed E-state index contributed by atoms with van der Waals surface area (Å²) in [5, 5.41) is 0. The molecular weight excluding hydrogens is 240 g/mol. The summed E-state index contributed by atoms with van der Waals surface area (Å²) in [7, 11) is 1.89. The molecule has 1 aromatic carbocycles. The highest BCUT2D eigenvalue weighted by molar-refractivity contribution is 5.83. The van der Waals surface area contributed by atoms with Crippen LogP contribution in [-0.4, -0.2) is 37.1 Å². The van der Waals surface area contributed by atoms with Crippen molar-refractivity contribution in [1.29, 1.82) is 0 Å². The number of amides is 1. The van der Waals surface area contributed by atoms with Crippen molar-refractivity contribution >= 4 is 11.6 Å². The van der Waals surface area contributed by atoms with Crippen LogP contribution >= 0.6 is 0 Å². The summed E-state index contributed by atoms with van der Waals surface area (Å²) in [6.45, 7) is 3.43. The molecule has 1 fully saturated rings. The molecule has 104 valence electrons. The molecule has 0 spiro atoms. The van der Waals surface area contributed by atoms with Crippen molar-refractivity contribution in [3.05, 3.63) is 29.8 Å². The molecule has 4 nitrogen and oxygen atoms in total. The van der Waals surface area contributed by atoms with Gasteiger partial charge in [0.2, 0.25) is 5.91 Å². The highest BCUT2D eigenvalue weighted by Crippen LogP contribution is 2.22. The highest BCUT2D eigenvalue weighted by Gasteiger charge is 2.26. The molecule has 2 rings (SSSR count). The molecule has 1 atom stereocenters. The number of nitrogen functional groups attached to an aromatic ring is 1. The van der Waals surface area contributed by atoms with Crippen LogP contribution in [-0.2, 0) is 9.53 Å². The number of carbonyl (C=O) groups is 1. The zero-order chi connectivity index (χ0) is 13.8. The fourth-order valence-corrected chi connectivity index (χ4v) is 2.53. The van der Waals surface area contributed by atoms with Gasteiger partial charge in [-0.05, 0) is 37.5 Å². The van der Waals surface area contributed by atoms with Crippen molar-refractivity contribution in [2.24, 2.45) is 0 Å². The number of benzene rings is 1. The first-order valence-electron chi connectivity index (χ1n) is 6.79. The first kappa shape index (κ1) is 13.9. The summed E-state index contributed by atoms with van der Waals surface area (Å²) >= 11 is 0. The van der Waals surface area contributed by atoms with E-state index in [1.54, 1.807) is 0 Å². The van der Waals surface area contributed by atoms with Crippen LogP contribution in [0, 0.1) is 0 Å². The lowest BCUT2D eigenvalue weighted by Crippen LogP contribution is -2.42. The lowest BCUT2D eigenvalue weighted by molar-refractivity contribution is -0.134. The Kier molecular flexibility index (Phi) is 4.43. The van der Waals surface area contributed by atoms with Crippen LogP contribution in [0.1, 0.15) is 31.2 Å². The topological polar surface area (TPSA) is 55.6 Å². The smallest absolute Gasteiger partial charge is 0.229 e. The first-order chi connectivity index (χ1) is 9.09. The Bertz CT molecular complexity index is 442. The van der Waals surface area contributed by atoms with Crippen LogP contribution < -0.4 is 5.73 Å². The number of hydrogen-bond donors (Lipinski definition) is 1. The maximum absolute atomic E-state index is 12.5. The van der Waals surface area contributed by atoms with Crippen LogP contribution in [0.15, 0.2) is 24.3 Å². The third-order valence-corrected chi connectivity index (χ3v) is 3.87. The fourth-order valence-electron chi connectivity index (χ4n) is 2.53. The molecule has 0 aromatic heterocycles. The third kappa shape index (κ3) is 3.26. The average molecular weight is 262 g/mol. The van der Waals surface area contributed by atoms with E-state index >= 15 is 0 Å². The number of rotatable bonds is 3. The molecule has 1 unspecified atom stereocenters. The number of nitrogens with zero attached hydrogens (tertiary/aromatic N) is 1. The Balaban J connectivity index is 2.05. The van der Waals surface area contributed by atoms with Crippen molar-refractivity contribution in [1.82, 2.24) is 4.90 Å². The molecule has 0 radical (unpaired) electrons. The molecule has 1 aliphatic heterocycles. The molecule has 4 heteroatoms. The minimum absolute atomic E-state index is 0.150. The molecule has 0 bridgehead atoms. The molecular formula is C15H22N2O2. The van der Waals surface area contributed by atoms with Gasteiger partial charge >= 0.3 is 0 Å². The van der Waals surface area contributed by atoms with Crippen LogP contribution in [0.3, 0.4) is 0 Å². The van der Waals surface area contributed by atoms with E-state index in [2.05, 4.69) is 0 Å². The van der Waals surface area contributed by atoms with Crippen LogP contribution in [0.25, 0.3) is 0 Å². The van der Waals surface area contributed by atoms with E-state index in [0.717, 1.165) is 31.6 Å². The van der Waals surface area contributed by atoms with Gasteiger partial charge in [0.1, 0.15) is 0 Å². The normalized spacial score (nSPS) is 18.0. The van der Waals surface area contributed by atoms with Gasteiger partial charge in [-0.2, -0.15) is 0 Å². The molecule has 1 aromatic rings. The molecule has 0 aliphatic carbocycles. The van der Waals surface area contributed by atoms with E-state index in [-0.39, 0.29) is 11.8 Å². The van der Waals surface area contributed by atoms with Crippen LogP contribution in [0.5, 0.6) is 0 Å². The van der Waals surface area contributed by atoms with Crippen molar-refractivity contribution in [2.75, 3.05) is 26.0 Å². The van der Waals surface area contributed by atoms with Gasteiger partial charge in [-0.3, -0.25) is 4.79 Å². The quantitative estimate of drug-likeness (QED) is 0.848. The lowest BCUT2D eigenvalue weighted by Gasteiger charge is -2.33. The van der Waals surface area contributed by atoms with E-state index in [4.69, 9.17) is 10.5 Å². The fraction of sp³-hybridized carbons (Fsp3) is 0.533. The van der Waals surface area contributed by atoms with E-state index in [1.165, 1.54) is 0 Å². The minimum atomic E-state index is -0.156.